The number of carbonyl (C=O) groups excluding carboxylic acids is 1. The van der Waals surface area contributed by atoms with E-state index < -0.39 is 0 Å². The Bertz CT molecular complexity index is 726. The van der Waals surface area contributed by atoms with Crippen molar-refractivity contribution in [3.8, 4) is 0 Å². The normalized spacial score (nSPS) is 17.4. The highest BCUT2D eigenvalue weighted by Crippen LogP contribution is 2.27. The molecule has 0 radical (unpaired) electrons. The van der Waals surface area contributed by atoms with Gasteiger partial charge < -0.3 is 14.8 Å². The number of thiazole rings is 1. The molecule has 0 spiro atoms. The first kappa shape index (κ1) is 15.7. The van der Waals surface area contributed by atoms with Gasteiger partial charge in [0.15, 0.2) is 5.13 Å². The Labute approximate surface area is 138 Å². The van der Waals surface area contributed by atoms with Crippen molar-refractivity contribution in [2.24, 2.45) is 0 Å². The van der Waals surface area contributed by atoms with Gasteiger partial charge in [0.1, 0.15) is 6.04 Å². The van der Waals surface area contributed by atoms with E-state index in [1.165, 1.54) is 6.07 Å². The first-order chi connectivity index (χ1) is 11.2. The van der Waals surface area contributed by atoms with Crippen LogP contribution in [0.25, 0.3) is 0 Å². The Morgan fingerprint density at radius 2 is 2.35 bits per heavy atom. The second kappa shape index (κ2) is 6.95. The van der Waals surface area contributed by atoms with Crippen LogP contribution in [0.15, 0.2) is 34.7 Å². The molecule has 3 heterocycles. The lowest BCUT2D eigenvalue weighted by Gasteiger charge is -2.23. The summed E-state index contributed by atoms with van der Waals surface area (Å²) < 4.78 is 1.63. The standard InChI is InChI=1S/C16H20N4O2S/c1-2-8-19-11-12(5-6-14(19)21)18-15(22)13-4-3-9-20(13)16-17-7-10-23-16/h5-7,10-11,13H,2-4,8-9H2,1H3,(H,18,22). The van der Waals surface area contributed by atoms with Gasteiger partial charge in [0.05, 0.1) is 5.69 Å². The molecule has 1 aliphatic rings. The molecule has 0 saturated carbocycles. The summed E-state index contributed by atoms with van der Waals surface area (Å²) in [5, 5.41) is 5.75. The van der Waals surface area contributed by atoms with Crippen LogP contribution >= 0.6 is 11.3 Å². The molecule has 6 nitrogen and oxygen atoms in total. The van der Waals surface area contributed by atoms with Crippen LogP contribution in [-0.2, 0) is 11.3 Å². The number of nitrogens with one attached hydrogen (secondary N) is 1. The van der Waals surface area contributed by atoms with Gasteiger partial charge in [-0.05, 0) is 25.3 Å². The zero-order valence-corrected chi connectivity index (χ0v) is 13.9. The fourth-order valence-electron chi connectivity index (χ4n) is 2.87. The second-order valence-electron chi connectivity index (χ2n) is 5.60. The van der Waals surface area contributed by atoms with Crippen molar-refractivity contribution in [1.82, 2.24) is 9.55 Å². The van der Waals surface area contributed by atoms with Crippen LogP contribution in [0, 0.1) is 0 Å². The van der Waals surface area contributed by atoms with Crippen LogP contribution in [0.1, 0.15) is 26.2 Å². The summed E-state index contributed by atoms with van der Waals surface area (Å²) in [6, 6.07) is 2.96. The molecule has 1 amide bonds. The minimum Gasteiger partial charge on any atom is -0.336 e. The quantitative estimate of drug-likeness (QED) is 0.912. The number of hydrogen-bond donors (Lipinski definition) is 1. The summed E-state index contributed by atoms with van der Waals surface area (Å²) in [5.41, 5.74) is 0.615. The molecule has 1 unspecified atom stereocenters. The van der Waals surface area contributed by atoms with Crippen molar-refractivity contribution < 1.29 is 4.79 Å². The third-order valence-electron chi connectivity index (χ3n) is 3.94. The van der Waals surface area contributed by atoms with Gasteiger partial charge in [-0.15, -0.1) is 11.3 Å². The Kier molecular flexibility index (Phi) is 4.76. The highest BCUT2D eigenvalue weighted by atomic mass is 32.1. The number of rotatable bonds is 5. The van der Waals surface area contributed by atoms with E-state index in [-0.39, 0.29) is 17.5 Å². The number of hydrogen-bond acceptors (Lipinski definition) is 5. The number of aryl methyl sites for hydroxylation is 1. The van der Waals surface area contributed by atoms with Gasteiger partial charge in [0.2, 0.25) is 5.91 Å². The molecule has 7 heteroatoms. The monoisotopic (exact) mass is 332 g/mol. The molecule has 0 aromatic carbocycles. The molecule has 2 aromatic heterocycles. The summed E-state index contributed by atoms with van der Waals surface area (Å²) in [6.45, 7) is 3.51. The maximum Gasteiger partial charge on any atom is 0.250 e. The molecular formula is C16H20N4O2S. The summed E-state index contributed by atoms with van der Waals surface area (Å²) >= 11 is 1.55. The Morgan fingerprint density at radius 3 is 3.09 bits per heavy atom. The molecule has 1 saturated heterocycles. The average molecular weight is 332 g/mol. The molecule has 1 aliphatic heterocycles. The third kappa shape index (κ3) is 3.44. The maximum absolute atomic E-state index is 12.6. The SMILES string of the molecule is CCCn1cc(NC(=O)C2CCCN2c2nccs2)ccc1=O. The van der Waals surface area contributed by atoms with E-state index in [1.807, 2.05) is 12.3 Å². The number of pyridine rings is 1. The molecule has 2 aromatic rings. The van der Waals surface area contributed by atoms with E-state index in [9.17, 15) is 9.59 Å². The molecule has 1 atom stereocenters. The van der Waals surface area contributed by atoms with Gasteiger partial charge in [-0.25, -0.2) is 4.98 Å². The molecule has 0 aliphatic carbocycles. The summed E-state index contributed by atoms with van der Waals surface area (Å²) in [4.78, 5) is 30.7. The van der Waals surface area contributed by atoms with E-state index in [0.29, 0.717) is 12.2 Å². The number of carbonyl (C=O) groups is 1. The minimum absolute atomic E-state index is 0.0422. The molecule has 1 fully saturated rings. The van der Waals surface area contributed by atoms with E-state index >= 15 is 0 Å². The average Bonchev–Trinajstić information content (AvgIpc) is 3.20. The van der Waals surface area contributed by atoms with Crippen molar-refractivity contribution in [3.63, 3.8) is 0 Å². The fraction of sp³-hybridized carbons (Fsp3) is 0.438. The topological polar surface area (TPSA) is 67.2 Å². The number of anilines is 2. The lowest BCUT2D eigenvalue weighted by Crippen LogP contribution is -2.39. The number of aromatic nitrogens is 2. The molecule has 1 N–H and O–H groups in total. The molecule has 3 rings (SSSR count). The van der Waals surface area contributed by atoms with Gasteiger partial charge in [0, 0.05) is 36.9 Å². The van der Waals surface area contributed by atoms with Gasteiger partial charge in [-0.1, -0.05) is 6.92 Å². The summed E-state index contributed by atoms with van der Waals surface area (Å²) in [7, 11) is 0. The molecular weight excluding hydrogens is 312 g/mol. The molecule has 122 valence electrons. The highest BCUT2D eigenvalue weighted by Gasteiger charge is 2.32. The van der Waals surface area contributed by atoms with Crippen LogP contribution in [0.4, 0.5) is 10.8 Å². The highest BCUT2D eigenvalue weighted by molar-refractivity contribution is 7.13. The zero-order valence-electron chi connectivity index (χ0n) is 13.1. The first-order valence-electron chi connectivity index (χ1n) is 7.86. The van der Waals surface area contributed by atoms with Gasteiger partial charge >= 0.3 is 0 Å². The first-order valence-corrected chi connectivity index (χ1v) is 8.74. The van der Waals surface area contributed by atoms with E-state index in [4.69, 9.17) is 0 Å². The fourth-order valence-corrected chi connectivity index (χ4v) is 3.59. The van der Waals surface area contributed by atoms with E-state index in [2.05, 4.69) is 15.2 Å². The number of amides is 1. The Morgan fingerprint density at radius 1 is 1.48 bits per heavy atom. The van der Waals surface area contributed by atoms with Crippen LogP contribution in [0.3, 0.4) is 0 Å². The van der Waals surface area contributed by atoms with Gasteiger partial charge in [0.25, 0.3) is 5.56 Å². The van der Waals surface area contributed by atoms with Crippen LogP contribution in [0.2, 0.25) is 0 Å². The van der Waals surface area contributed by atoms with Crippen molar-refractivity contribution in [2.45, 2.75) is 38.8 Å². The van der Waals surface area contributed by atoms with Gasteiger partial charge in [-0.2, -0.15) is 0 Å². The van der Waals surface area contributed by atoms with Crippen LogP contribution < -0.4 is 15.8 Å². The lowest BCUT2D eigenvalue weighted by molar-refractivity contribution is -0.117. The third-order valence-corrected chi connectivity index (χ3v) is 4.74. The van der Waals surface area contributed by atoms with E-state index in [1.54, 1.807) is 34.4 Å². The van der Waals surface area contributed by atoms with Crippen LogP contribution in [0.5, 0.6) is 0 Å². The van der Waals surface area contributed by atoms with Crippen molar-refractivity contribution in [3.05, 3.63) is 40.3 Å². The van der Waals surface area contributed by atoms with Crippen LogP contribution in [-0.4, -0.2) is 28.0 Å². The second-order valence-corrected chi connectivity index (χ2v) is 6.48. The largest absolute Gasteiger partial charge is 0.336 e. The molecule has 23 heavy (non-hydrogen) atoms. The lowest BCUT2D eigenvalue weighted by atomic mass is 10.2. The minimum atomic E-state index is -0.201. The van der Waals surface area contributed by atoms with Gasteiger partial charge in [-0.3, -0.25) is 9.59 Å². The summed E-state index contributed by atoms with van der Waals surface area (Å²) in [6.07, 6.45) is 6.14. The predicted octanol–water partition coefficient (Wildman–Crippen LogP) is 2.32. The van der Waals surface area contributed by atoms with Crippen molar-refractivity contribution in [2.75, 3.05) is 16.8 Å². The molecule has 0 bridgehead atoms. The smallest absolute Gasteiger partial charge is 0.250 e. The zero-order chi connectivity index (χ0) is 16.2. The number of nitrogens with zero attached hydrogens (tertiary/aromatic N) is 3. The van der Waals surface area contributed by atoms with E-state index in [0.717, 1.165) is 30.9 Å². The Hall–Kier alpha value is -2.15. The van der Waals surface area contributed by atoms with Crippen molar-refractivity contribution in [1.29, 1.82) is 0 Å². The summed E-state index contributed by atoms with van der Waals surface area (Å²) in [5.74, 6) is -0.0422. The predicted molar refractivity (Wildman–Crippen MR) is 92.1 cm³/mol. The maximum atomic E-state index is 12.6. The Balaban J connectivity index is 1.74. The van der Waals surface area contributed by atoms with Crippen molar-refractivity contribution >= 4 is 28.1 Å².